The highest BCUT2D eigenvalue weighted by atomic mass is 35.5. The number of halogens is 1. The normalized spacial score (nSPS) is 17.6. The first-order valence-electron chi connectivity index (χ1n) is 8.41. The van der Waals surface area contributed by atoms with Crippen LogP contribution in [-0.2, 0) is 4.79 Å². The number of benzene rings is 2. The lowest BCUT2D eigenvalue weighted by Crippen LogP contribution is -2.42. The first kappa shape index (κ1) is 18.4. The largest absolute Gasteiger partial charge is 0.497 e. The number of hydrogen-bond acceptors (Lipinski definition) is 4. The second kappa shape index (κ2) is 7.46. The third-order valence-corrected chi connectivity index (χ3v) is 4.45. The molecule has 0 bridgehead atoms. The minimum Gasteiger partial charge on any atom is -0.497 e. The first-order valence-corrected chi connectivity index (χ1v) is 8.79. The Morgan fingerprint density at radius 3 is 2.62 bits per heavy atom. The summed E-state index contributed by atoms with van der Waals surface area (Å²) in [5.41, 5.74) is 0.541. The van der Waals surface area contributed by atoms with Gasteiger partial charge < -0.3 is 19.5 Å². The Hall–Kier alpha value is -2.40. The zero-order valence-corrected chi connectivity index (χ0v) is 15.8. The lowest BCUT2D eigenvalue weighted by atomic mass is 9.89. The number of hydrogen-bond donors (Lipinski definition) is 1. The van der Waals surface area contributed by atoms with E-state index in [-0.39, 0.29) is 18.6 Å². The van der Waals surface area contributed by atoms with Crippen LogP contribution in [0.15, 0.2) is 42.5 Å². The summed E-state index contributed by atoms with van der Waals surface area (Å²) in [4.78, 5) is 12.4. The van der Waals surface area contributed by atoms with E-state index in [0.29, 0.717) is 17.2 Å². The summed E-state index contributed by atoms with van der Waals surface area (Å²) < 4.78 is 16.8. The van der Waals surface area contributed by atoms with Crippen molar-refractivity contribution in [3.63, 3.8) is 0 Å². The molecule has 3 rings (SSSR count). The number of methoxy groups -OCH3 is 1. The number of fused-ring (bicyclic) bond motifs is 1. The van der Waals surface area contributed by atoms with Crippen LogP contribution in [0.25, 0.3) is 0 Å². The molecule has 0 aliphatic carbocycles. The number of amides is 1. The van der Waals surface area contributed by atoms with Gasteiger partial charge in [-0.05, 0) is 50.2 Å². The quantitative estimate of drug-likeness (QED) is 0.853. The van der Waals surface area contributed by atoms with Crippen molar-refractivity contribution in [1.82, 2.24) is 5.32 Å². The Bertz CT molecular complexity index is 789. The van der Waals surface area contributed by atoms with Crippen LogP contribution in [0.2, 0.25) is 5.02 Å². The van der Waals surface area contributed by atoms with Crippen LogP contribution in [0, 0.1) is 0 Å². The van der Waals surface area contributed by atoms with Gasteiger partial charge in [-0.1, -0.05) is 11.6 Å². The topological polar surface area (TPSA) is 56.8 Å². The van der Waals surface area contributed by atoms with Crippen molar-refractivity contribution in [1.29, 1.82) is 0 Å². The van der Waals surface area contributed by atoms with Gasteiger partial charge in [0.05, 0.1) is 13.2 Å². The van der Waals surface area contributed by atoms with E-state index >= 15 is 0 Å². The Kier molecular flexibility index (Phi) is 5.28. The minimum atomic E-state index is -0.394. The van der Waals surface area contributed by atoms with Crippen LogP contribution in [0.4, 0.5) is 0 Å². The van der Waals surface area contributed by atoms with Gasteiger partial charge in [0.1, 0.15) is 22.8 Å². The molecule has 26 heavy (non-hydrogen) atoms. The second-order valence-corrected chi connectivity index (χ2v) is 7.27. The molecule has 1 amide bonds. The maximum absolute atomic E-state index is 12.4. The average molecular weight is 376 g/mol. The van der Waals surface area contributed by atoms with Crippen LogP contribution < -0.4 is 19.5 Å². The summed E-state index contributed by atoms with van der Waals surface area (Å²) in [6, 6.07) is 12.4. The molecule has 0 saturated heterocycles. The van der Waals surface area contributed by atoms with E-state index in [2.05, 4.69) is 5.32 Å². The third-order valence-electron chi connectivity index (χ3n) is 4.20. The van der Waals surface area contributed by atoms with E-state index < -0.39 is 5.60 Å². The molecule has 2 aromatic rings. The number of carbonyl (C=O) groups excluding carboxylic acids is 1. The highest BCUT2D eigenvalue weighted by Crippen LogP contribution is 2.41. The molecule has 138 valence electrons. The maximum Gasteiger partial charge on any atom is 0.258 e. The second-order valence-electron chi connectivity index (χ2n) is 6.83. The van der Waals surface area contributed by atoms with E-state index in [1.165, 1.54) is 0 Å². The summed E-state index contributed by atoms with van der Waals surface area (Å²) in [5.74, 6) is 1.86. The van der Waals surface area contributed by atoms with Gasteiger partial charge in [-0.15, -0.1) is 0 Å². The fourth-order valence-corrected chi connectivity index (χ4v) is 3.13. The molecule has 0 radical (unpaired) electrons. The van der Waals surface area contributed by atoms with Gasteiger partial charge in [0.2, 0.25) is 0 Å². The van der Waals surface area contributed by atoms with Gasteiger partial charge in [-0.25, -0.2) is 0 Å². The fraction of sp³-hybridized carbons (Fsp3) is 0.350. The van der Waals surface area contributed by atoms with Crippen molar-refractivity contribution in [2.24, 2.45) is 0 Å². The van der Waals surface area contributed by atoms with E-state index in [4.69, 9.17) is 25.8 Å². The molecule has 0 spiro atoms. The van der Waals surface area contributed by atoms with Crippen LogP contribution in [0.3, 0.4) is 0 Å². The van der Waals surface area contributed by atoms with Crippen molar-refractivity contribution in [3.8, 4) is 17.2 Å². The molecule has 2 aromatic carbocycles. The fourth-order valence-electron chi connectivity index (χ4n) is 3.00. The molecule has 1 atom stereocenters. The Morgan fingerprint density at radius 2 is 1.92 bits per heavy atom. The Morgan fingerprint density at radius 1 is 1.23 bits per heavy atom. The average Bonchev–Trinajstić information content (AvgIpc) is 2.59. The lowest BCUT2D eigenvalue weighted by Gasteiger charge is -2.38. The predicted molar refractivity (Wildman–Crippen MR) is 100 cm³/mol. The monoisotopic (exact) mass is 375 g/mol. The van der Waals surface area contributed by atoms with Gasteiger partial charge in [0.15, 0.2) is 6.61 Å². The Labute approximate surface area is 158 Å². The molecule has 1 heterocycles. The molecule has 1 aliphatic rings. The summed E-state index contributed by atoms with van der Waals surface area (Å²) in [5, 5.41) is 3.66. The van der Waals surface area contributed by atoms with Crippen molar-refractivity contribution < 1.29 is 19.0 Å². The van der Waals surface area contributed by atoms with Crippen LogP contribution in [0.1, 0.15) is 31.9 Å². The molecular weight excluding hydrogens is 354 g/mol. The number of rotatable bonds is 5. The standard InChI is InChI=1S/C20H22ClNO4/c1-20(2)11-17(16-9-8-15(24-3)10-18(16)26-20)22-19(23)12-25-14-6-4-13(21)5-7-14/h4-10,17H,11-12H2,1-3H3,(H,22,23). The van der Waals surface area contributed by atoms with Gasteiger partial charge >= 0.3 is 0 Å². The molecule has 6 heteroatoms. The molecule has 0 saturated carbocycles. The molecule has 1 aliphatic heterocycles. The van der Waals surface area contributed by atoms with Gasteiger partial charge in [0.25, 0.3) is 5.91 Å². The lowest BCUT2D eigenvalue weighted by molar-refractivity contribution is -0.124. The van der Waals surface area contributed by atoms with Crippen molar-refractivity contribution >= 4 is 17.5 Å². The number of ether oxygens (including phenoxy) is 3. The van der Waals surface area contributed by atoms with Gasteiger partial charge in [-0.3, -0.25) is 4.79 Å². The maximum atomic E-state index is 12.4. The van der Waals surface area contributed by atoms with E-state index in [1.54, 1.807) is 31.4 Å². The summed E-state index contributed by atoms with van der Waals surface area (Å²) in [6.07, 6.45) is 0.666. The molecule has 0 fully saturated rings. The van der Waals surface area contributed by atoms with Crippen molar-refractivity contribution in [2.45, 2.75) is 31.9 Å². The van der Waals surface area contributed by atoms with E-state index in [0.717, 1.165) is 17.1 Å². The minimum absolute atomic E-state index is 0.0646. The number of carbonyl (C=O) groups is 1. The van der Waals surface area contributed by atoms with E-state index in [9.17, 15) is 4.79 Å². The third kappa shape index (κ3) is 4.41. The zero-order valence-electron chi connectivity index (χ0n) is 15.0. The van der Waals surface area contributed by atoms with Gasteiger partial charge in [0, 0.05) is 23.1 Å². The van der Waals surface area contributed by atoms with Gasteiger partial charge in [-0.2, -0.15) is 0 Å². The first-order chi connectivity index (χ1) is 12.4. The highest BCUT2D eigenvalue weighted by molar-refractivity contribution is 6.30. The zero-order chi connectivity index (χ0) is 18.7. The Balaban J connectivity index is 1.68. The van der Waals surface area contributed by atoms with E-state index in [1.807, 2.05) is 32.0 Å². The molecule has 1 unspecified atom stereocenters. The molecular formula is C20H22ClNO4. The van der Waals surface area contributed by atoms with Crippen molar-refractivity contribution in [3.05, 3.63) is 53.1 Å². The van der Waals surface area contributed by atoms with Crippen LogP contribution >= 0.6 is 11.6 Å². The molecule has 5 nitrogen and oxygen atoms in total. The van der Waals surface area contributed by atoms with Crippen LogP contribution in [0.5, 0.6) is 17.2 Å². The smallest absolute Gasteiger partial charge is 0.258 e. The summed E-state index contributed by atoms with van der Waals surface area (Å²) in [7, 11) is 1.61. The highest BCUT2D eigenvalue weighted by Gasteiger charge is 2.34. The number of nitrogens with one attached hydrogen (secondary N) is 1. The summed E-state index contributed by atoms with van der Waals surface area (Å²) in [6.45, 7) is 3.93. The van der Waals surface area contributed by atoms with Crippen LogP contribution in [-0.4, -0.2) is 25.2 Å². The SMILES string of the molecule is COc1ccc2c(c1)OC(C)(C)CC2NC(=O)COc1ccc(Cl)cc1. The molecule has 0 aromatic heterocycles. The molecule has 1 N–H and O–H groups in total. The predicted octanol–water partition coefficient (Wildman–Crippen LogP) is 4.15. The van der Waals surface area contributed by atoms with Crippen molar-refractivity contribution in [2.75, 3.05) is 13.7 Å². The summed E-state index contributed by atoms with van der Waals surface area (Å²) >= 11 is 5.84.